The van der Waals surface area contributed by atoms with Crippen LogP contribution in [-0.4, -0.2) is 21.2 Å². The van der Waals surface area contributed by atoms with Crippen LogP contribution in [0, 0.1) is 6.92 Å². The summed E-state index contributed by atoms with van der Waals surface area (Å²) in [5.74, 6) is 0.311. The molecule has 6 heteroatoms. The van der Waals surface area contributed by atoms with Crippen LogP contribution >= 0.6 is 0 Å². The maximum absolute atomic E-state index is 11.7. The Morgan fingerprint density at radius 3 is 2.75 bits per heavy atom. The highest BCUT2D eigenvalue weighted by atomic mass is 16.5. The summed E-state index contributed by atoms with van der Waals surface area (Å²) < 4.78 is 5.09. The third-order valence-corrected chi connectivity index (χ3v) is 2.62. The predicted octanol–water partition coefficient (Wildman–Crippen LogP) is 2.03. The molecule has 104 valence electrons. The summed E-state index contributed by atoms with van der Waals surface area (Å²) in [4.78, 5) is 19.6. The highest BCUT2D eigenvalue weighted by Gasteiger charge is 2.08. The number of carbonyl (C=O) groups is 1. The summed E-state index contributed by atoms with van der Waals surface area (Å²) in [6.45, 7) is 1.68. The first-order valence-electron chi connectivity index (χ1n) is 6.10. The number of anilines is 1. The average Bonchev–Trinajstić information content (AvgIpc) is 2.48. The standard InChI is InChI=1S/C14H15N3O3/c1-10-12(7-15-13(8-18)16-10)17-14(19)20-9-11-5-3-2-4-6-11/h2-7,18H,8-9H2,1H3,(H,17,19). The van der Waals surface area contributed by atoms with Gasteiger partial charge in [-0.15, -0.1) is 0 Å². The van der Waals surface area contributed by atoms with Crippen molar-refractivity contribution in [2.75, 3.05) is 5.32 Å². The van der Waals surface area contributed by atoms with E-state index >= 15 is 0 Å². The molecular formula is C14H15N3O3. The van der Waals surface area contributed by atoms with Crippen molar-refractivity contribution in [3.63, 3.8) is 0 Å². The molecule has 2 N–H and O–H groups in total. The SMILES string of the molecule is Cc1nc(CO)ncc1NC(=O)OCc1ccccc1. The second kappa shape index (κ2) is 6.63. The van der Waals surface area contributed by atoms with Crippen LogP contribution in [0.3, 0.4) is 0 Å². The van der Waals surface area contributed by atoms with Gasteiger partial charge in [0.1, 0.15) is 13.2 Å². The third-order valence-electron chi connectivity index (χ3n) is 2.62. The molecule has 1 heterocycles. The highest BCUT2D eigenvalue weighted by Crippen LogP contribution is 2.11. The van der Waals surface area contributed by atoms with Gasteiger partial charge >= 0.3 is 6.09 Å². The van der Waals surface area contributed by atoms with Crippen LogP contribution in [0.15, 0.2) is 36.5 Å². The first kappa shape index (κ1) is 14.0. The van der Waals surface area contributed by atoms with Crippen molar-refractivity contribution in [2.45, 2.75) is 20.1 Å². The predicted molar refractivity (Wildman–Crippen MR) is 72.9 cm³/mol. The van der Waals surface area contributed by atoms with Gasteiger partial charge in [0, 0.05) is 0 Å². The Balaban J connectivity index is 1.91. The summed E-state index contributed by atoms with van der Waals surface area (Å²) in [5.41, 5.74) is 1.94. The van der Waals surface area contributed by atoms with Crippen LogP contribution in [0.25, 0.3) is 0 Å². The number of aliphatic hydroxyl groups is 1. The Kier molecular flexibility index (Phi) is 4.62. The van der Waals surface area contributed by atoms with Gasteiger partial charge in [0.25, 0.3) is 0 Å². The van der Waals surface area contributed by atoms with Crippen molar-refractivity contribution < 1.29 is 14.6 Å². The van der Waals surface area contributed by atoms with E-state index in [-0.39, 0.29) is 13.2 Å². The van der Waals surface area contributed by atoms with Gasteiger partial charge in [-0.05, 0) is 12.5 Å². The maximum Gasteiger partial charge on any atom is 0.412 e. The first-order chi connectivity index (χ1) is 9.69. The van der Waals surface area contributed by atoms with Gasteiger partial charge in [-0.1, -0.05) is 30.3 Å². The minimum absolute atomic E-state index is 0.196. The number of carbonyl (C=O) groups excluding carboxylic acids is 1. The number of hydrogen-bond donors (Lipinski definition) is 2. The van der Waals surface area contributed by atoms with Gasteiger partial charge in [0.05, 0.1) is 17.6 Å². The molecule has 0 unspecified atom stereocenters. The molecule has 1 aromatic carbocycles. The van der Waals surface area contributed by atoms with Crippen molar-refractivity contribution >= 4 is 11.8 Å². The average molecular weight is 273 g/mol. The number of aryl methyl sites for hydroxylation is 1. The Morgan fingerprint density at radius 1 is 1.35 bits per heavy atom. The monoisotopic (exact) mass is 273 g/mol. The van der Waals surface area contributed by atoms with Crippen molar-refractivity contribution in [1.29, 1.82) is 0 Å². The number of amides is 1. The van der Waals surface area contributed by atoms with E-state index in [2.05, 4.69) is 15.3 Å². The Bertz CT molecular complexity index is 587. The summed E-state index contributed by atoms with van der Waals surface area (Å²) >= 11 is 0. The molecule has 0 fully saturated rings. The van der Waals surface area contributed by atoms with E-state index in [4.69, 9.17) is 9.84 Å². The lowest BCUT2D eigenvalue weighted by atomic mass is 10.2. The van der Waals surface area contributed by atoms with Crippen molar-refractivity contribution in [1.82, 2.24) is 9.97 Å². The molecule has 0 aliphatic carbocycles. The zero-order valence-corrected chi connectivity index (χ0v) is 11.0. The largest absolute Gasteiger partial charge is 0.444 e. The minimum Gasteiger partial charge on any atom is -0.444 e. The second-order valence-electron chi connectivity index (χ2n) is 4.13. The zero-order chi connectivity index (χ0) is 14.4. The second-order valence-corrected chi connectivity index (χ2v) is 4.13. The van der Waals surface area contributed by atoms with Crippen LogP contribution in [-0.2, 0) is 18.0 Å². The van der Waals surface area contributed by atoms with Crippen LogP contribution in [0.2, 0.25) is 0 Å². The van der Waals surface area contributed by atoms with E-state index < -0.39 is 6.09 Å². The molecule has 1 aromatic heterocycles. The number of rotatable bonds is 4. The van der Waals surface area contributed by atoms with Gasteiger partial charge in [-0.25, -0.2) is 14.8 Å². The molecule has 6 nitrogen and oxygen atoms in total. The molecule has 0 aliphatic rings. The molecule has 0 bridgehead atoms. The summed E-state index contributed by atoms with van der Waals surface area (Å²) in [6.07, 6.45) is 0.870. The fraction of sp³-hybridized carbons (Fsp3) is 0.214. The molecule has 0 radical (unpaired) electrons. The quantitative estimate of drug-likeness (QED) is 0.890. The Labute approximate surface area is 116 Å². The molecule has 0 aliphatic heterocycles. The number of ether oxygens (including phenoxy) is 1. The lowest BCUT2D eigenvalue weighted by Crippen LogP contribution is -2.15. The topological polar surface area (TPSA) is 84.3 Å². The van der Waals surface area contributed by atoms with Gasteiger partial charge in [-0.2, -0.15) is 0 Å². The molecule has 20 heavy (non-hydrogen) atoms. The van der Waals surface area contributed by atoms with E-state index in [1.165, 1.54) is 6.20 Å². The number of aliphatic hydroxyl groups excluding tert-OH is 1. The van der Waals surface area contributed by atoms with Crippen LogP contribution in [0.5, 0.6) is 0 Å². The Morgan fingerprint density at radius 2 is 2.10 bits per heavy atom. The fourth-order valence-electron chi connectivity index (χ4n) is 1.58. The van der Waals surface area contributed by atoms with Crippen molar-refractivity contribution in [2.24, 2.45) is 0 Å². The van der Waals surface area contributed by atoms with Gasteiger partial charge < -0.3 is 9.84 Å². The number of benzene rings is 1. The summed E-state index contributed by atoms with van der Waals surface area (Å²) in [5, 5.41) is 11.5. The van der Waals surface area contributed by atoms with Crippen LogP contribution < -0.4 is 5.32 Å². The number of aromatic nitrogens is 2. The molecule has 0 spiro atoms. The van der Waals surface area contributed by atoms with Crippen LogP contribution in [0.4, 0.5) is 10.5 Å². The molecule has 2 rings (SSSR count). The van der Waals surface area contributed by atoms with E-state index in [1.54, 1.807) is 6.92 Å². The number of nitrogens with one attached hydrogen (secondary N) is 1. The van der Waals surface area contributed by atoms with Crippen LogP contribution in [0.1, 0.15) is 17.1 Å². The highest BCUT2D eigenvalue weighted by molar-refractivity contribution is 5.84. The molecule has 0 saturated carbocycles. The summed E-state index contributed by atoms with van der Waals surface area (Å²) in [7, 11) is 0. The maximum atomic E-state index is 11.7. The zero-order valence-electron chi connectivity index (χ0n) is 11.0. The van der Waals surface area contributed by atoms with Gasteiger partial charge in [-0.3, -0.25) is 5.32 Å². The van der Waals surface area contributed by atoms with Crippen molar-refractivity contribution in [3.8, 4) is 0 Å². The lowest BCUT2D eigenvalue weighted by molar-refractivity contribution is 0.155. The molecule has 0 atom stereocenters. The number of nitrogens with zero attached hydrogens (tertiary/aromatic N) is 2. The normalized spacial score (nSPS) is 10.1. The third kappa shape index (κ3) is 3.76. The summed E-state index contributed by atoms with van der Waals surface area (Å²) in [6, 6.07) is 9.40. The van der Waals surface area contributed by atoms with E-state index in [0.29, 0.717) is 17.2 Å². The van der Waals surface area contributed by atoms with Crippen molar-refractivity contribution in [3.05, 3.63) is 53.6 Å². The molecule has 2 aromatic rings. The smallest absolute Gasteiger partial charge is 0.412 e. The molecule has 0 saturated heterocycles. The fourth-order valence-corrected chi connectivity index (χ4v) is 1.58. The Hall–Kier alpha value is -2.47. The lowest BCUT2D eigenvalue weighted by Gasteiger charge is -2.09. The molecular weight excluding hydrogens is 258 g/mol. The van der Waals surface area contributed by atoms with E-state index in [0.717, 1.165) is 5.56 Å². The molecule has 1 amide bonds. The van der Waals surface area contributed by atoms with E-state index in [9.17, 15) is 4.79 Å². The van der Waals surface area contributed by atoms with Gasteiger partial charge in [0.2, 0.25) is 0 Å². The first-order valence-corrected chi connectivity index (χ1v) is 6.10. The minimum atomic E-state index is -0.572. The van der Waals surface area contributed by atoms with Gasteiger partial charge in [0.15, 0.2) is 5.82 Å². The van der Waals surface area contributed by atoms with E-state index in [1.807, 2.05) is 30.3 Å². The number of hydrogen-bond acceptors (Lipinski definition) is 5.